The van der Waals surface area contributed by atoms with E-state index in [2.05, 4.69) is 25.0 Å². The largest absolute Gasteiger partial charge is 0.396 e. The van der Waals surface area contributed by atoms with Crippen molar-refractivity contribution < 1.29 is 19.4 Å². The maximum Gasteiger partial charge on any atom is 0.192 e. The Morgan fingerprint density at radius 1 is 1.22 bits per heavy atom. The molecule has 2 N–H and O–H groups in total. The predicted octanol–water partition coefficient (Wildman–Crippen LogP) is 5.03. The molecule has 0 bridgehead atoms. The lowest BCUT2D eigenvalue weighted by Gasteiger charge is -2.59. The van der Waals surface area contributed by atoms with E-state index in [1.54, 1.807) is 12.1 Å². The quantitative estimate of drug-likeness (QED) is 0.603. The minimum absolute atomic E-state index is 0.0176. The molecule has 0 aliphatic heterocycles. The molecule has 0 amide bonds. The van der Waals surface area contributed by atoms with Crippen molar-refractivity contribution >= 4 is 23.0 Å². The zero-order valence-corrected chi connectivity index (χ0v) is 21.8. The number of aliphatic hydroxyl groups excluding tert-OH is 2. The predicted molar refractivity (Wildman–Crippen MR) is 139 cm³/mol. The number of benzene rings is 1. The van der Waals surface area contributed by atoms with Gasteiger partial charge >= 0.3 is 0 Å². The van der Waals surface area contributed by atoms with Crippen LogP contribution in [-0.4, -0.2) is 43.6 Å². The number of rotatable bonds is 4. The molecule has 1 aromatic heterocycles. The van der Waals surface area contributed by atoms with Gasteiger partial charge in [-0.15, -0.1) is 0 Å². The fourth-order valence-electron chi connectivity index (χ4n) is 8.61. The highest BCUT2D eigenvalue weighted by atomic mass is 32.2. The van der Waals surface area contributed by atoms with E-state index >= 15 is 0 Å². The third kappa shape index (κ3) is 3.57. The maximum absolute atomic E-state index is 13.5. The van der Waals surface area contributed by atoms with Crippen LogP contribution >= 0.6 is 11.8 Å². The van der Waals surface area contributed by atoms with Crippen molar-refractivity contribution in [3.8, 4) is 5.69 Å². The highest BCUT2D eigenvalue weighted by molar-refractivity contribution is 8.13. The van der Waals surface area contributed by atoms with Crippen molar-refractivity contribution in [3.63, 3.8) is 0 Å². The Kier molecular flexibility index (Phi) is 5.97. The van der Waals surface area contributed by atoms with Crippen LogP contribution in [0.4, 0.5) is 4.39 Å². The summed E-state index contributed by atoms with van der Waals surface area (Å²) >= 11 is 1.26. The molecule has 3 saturated carbocycles. The van der Waals surface area contributed by atoms with Gasteiger partial charge in [-0.2, -0.15) is 5.10 Å². The van der Waals surface area contributed by atoms with Crippen LogP contribution in [0.15, 0.2) is 36.0 Å². The third-order valence-electron chi connectivity index (χ3n) is 10.1. The Labute approximate surface area is 216 Å². The number of thioether (sulfide) groups is 1. The summed E-state index contributed by atoms with van der Waals surface area (Å²) in [6.45, 7) is 4.59. The van der Waals surface area contributed by atoms with Gasteiger partial charge in [-0.25, -0.2) is 9.07 Å². The van der Waals surface area contributed by atoms with Gasteiger partial charge < -0.3 is 10.2 Å². The molecule has 3 fully saturated rings. The molecule has 1 heterocycles. The number of aromatic nitrogens is 2. The smallest absolute Gasteiger partial charge is 0.192 e. The second-order valence-corrected chi connectivity index (χ2v) is 12.9. The van der Waals surface area contributed by atoms with Gasteiger partial charge in [0.25, 0.3) is 0 Å². The van der Waals surface area contributed by atoms with E-state index in [9.17, 15) is 19.4 Å². The number of carbonyl (C=O) groups is 1. The molecule has 0 saturated heterocycles. The molecule has 4 aliphatic carbocycles. The van der Waals surface area contributed by atoms with Crippen LogP contribution in [0.1, 0.15) is 57.2 Å². The summed E-state index contributed by atoms with van der Waals surface area (Å²) in [6, 6.07) is 6.44. The molecule has 192 valence electrons. The fraction of sp³-hybridized carbons (Fsp3) is 0.586. The van der Waals surface area contributed by atoms with Crippen molar-refractivity contribution in [1.29, 1.82) is 0 Å². The van der Waals surface area contributed by atoms with Gasteiger partial charge in [0.1, 0.15) is 5.82 Å². The standard InChI is InChI=1S/C29H35FN2O3S/c1-28-14-17-16-31-32(20-6-4-19(30)5-7-20)24(17)13-18(28)3-8-21-22-9-10-23(27(35)36-12-11-33)29(22,2)15-25(34)26(21)28/h4-7,13,16,21-23,25-26,33-34H,3,8-12,14-15H2,1-2H3/t21-,22-,23?,25-,26+,28-,29+/m0/s1. The molecule has 0 radical (unpaired) electrons. The van der Waals surface area contributed by atoms with Crippen LogP contribution in [0.2, 0.25) is 0 Å². The van der Waals surface area contributed by atoms with E-state index in [0.717, 1.165) is 43.5 Å². The van der Waals surface area contributed by atoms with Crippen LogP contribution in [0.5, 0.6) is 0 Å². The molecule has 7 heteroatoms. The van der Waals surface area contributed by atoms with Crippen molar-refractivity contribution in [2.24, 2.45) is 34.5 Å². The molecule has 4 aliphatic rings. The van der Waals surface area contributed by atoms with E-state index in [1.807, 2.05) is 10.9 Å². The normalized spacial score (nSPS) is 36.9. The lowest BCUT2D eigenvalue weighted by Crippen LogP contribution is -2.57. The van der Waals surface area contributed by atoms with Crippen LogP contribution < -0.4 is 0 Å². The van der Waals surface area contributed by atoms with Gasteiger partial charge in [0.15, 0.2) is 5.12 Å². The molecule has 5 nitrogen and oxygen atoms in total. The zero-order valence-electron chi connectivity index (χ0n) is 21.0. The zero-order chi connectivity index (χ0) is 25.2. The van der Waals surface area contributed by atoms with Crippen LogP contribution in [-0.2, 0) is 11.2 Å². The molecule has 36 heavy (non-hydrogen) atoms. The van der Waals surface area contributed by atoms with E-state index in [1.165, 1.54) is 35.0 Å². The number of aliphatic hydroxyl groups is 2. The van der Waals surface area contributed by atoms with E-state index < -0.39 is 6.10 Å². The molecular weight excluding hydrogens is 475 g/mol. The van der Waals surface area contributed by atoms with Gasteiger partial charge in [-0.05, 0) is 103 Å². The van der Waals surface area contributed by atoms with Crippen molar-refractivity contribution in [3.05, 3.63) is 53.1 Å². The Morgan fingerprint density at radius 3 is 2.75 bits per heavy atom. The summed E-state index contributed by atoms with van der Waals surface area (Å²) in [7, 11) is 0. The summed E-state index contributed by atoms with van der Waals surface area (Å²) < 4.78 is 15.4. The molecule has 1 unspecified atom stereocenters. The van der Waals surface area contributed by atoms with Crippen molar-refractivity contribution in [2.75, 3.05) is 12.4 Å². The number of fused-ring (bicyclic) bond motifs is 6. The first-order valence-electron chi connectivity index (χ1n) is 13.3. The number of hydrogen-bond donors (Lipinski definition) is 2. The number of nitrogens with zero attached hydrogens (tertiary/aromatic N) is 2. The molecule has 2 aromatic rings. The molecule has 6 rings (SSSR count). The van der Waals surface area contributed by atoms with Gasteiger partial charge in [0.2, 0.25) is 0 Å². The van der Waals surface area contributed by atoms with E-state index in [0.29, 0.717) is 24.0 Å². The van der Waals surface area contributed by atoms with E-state index in [4.69, 9.17) is 0 Å². The summed E-state index contributed by atoms with van der Waals surface area (Å²) in [5, 5.41) is 25.8. The van der Waals surface area contributed by atoms with Crippen LogP contribution in [0.25, 0.3) is 11.8 Å². The SMILES string of the molecule is C[C@]12Cc3cnn(-c4ccc(F)cc4)c3C=C1CC[C@@H]1[C@@H]2[C@@H](O)C[C@@]2(C)C(C(=O)SCCO)CC[C@@H]12. The van der Waals surface area contributed by atoms with Crippen LogP contribution in [0.3, 0.4) is 0 Å². The fourth-order valence-corrected chi connectivity index (χ4v) is 9.49. The number of halogens is 1. The van der Waals surface area contributed by atoms with Gasteiger partial charge in [0.05, 0.1) is 30.3 Å². The van der Waals surface area contributed by atoms with Gasteiger partial charge in [-0.1, -0.05) is 31.2 Å². The number of carbonyl (C=O) groups excluding carboxylic acids is 1. The van der Waals surface area contributed by atoms with Crippen molar-refractivity contribution in [1.82, 2.24) is 9.78 Å². The van der Waals surface area contributed by atoms with Gasteiger partial charge in [0, 0.05) is 11.7 Å². The number of hydrogen-bond acceptors (Lipinski definition) is 5. The third-order valence-corrected chi connectivity index (χ3v) is 11.1. The highest BCUT2D eigenvalue weighted by Crippen LogP contribution is 2.67. The molecular formula is C29H35FN2O3S. The van der Waals surface area contributed by atoms with E-state index in [-0.39, 0.29) is 40.2 Å². The molecule has 0 spiro atoms. The lowest BCUT2D eigenvalue weighted by molar-refractivity contribution is -0.136. The molecule has 1 aromatic carbocycles. The topological polar surface area (TPSA) is 75.3 Å². The Bertz CT molecular complexity index is 1210. The summed E-state index contributed by atoms with van der Waals surface area (Å²) in [5.74, 6) is 1.16. The maximum atomic E-state index is 13.5. The second-order valence-electron chi connectivity index (χ2n) is 11.8. The first-order valence-corrected chi connectivity index (χ1v) is 14.2. The molecule has 7 atom stereocenters. The lowest BCUT2D eigenvalue weighted by atomic mass is 9.46. The second kappa shape index (κ2) is 8.81. The minimum atomic E-state index is -0.449. The highest BCUT2D eigenvalue weighted by Gasteiger charge is 2.63. The average molecular weight is 511 g/mol. The number of allylic oxidation sites excluding steroid dienone is 1. The monoisotopic (exact) mass is 510 g/mol. The Hall–Kier alpha value is -1.96. The average Bonchev–Trinajstić information content (AvgIpc) is 3.40. The van der Waals surface area contributed by atoms with Gasteiger partial charge in [-0.3, -0.25) is 4.79 Å². The summed E-state index contributed by atoms with van der Waals surface area (Å²) in [6.07, 6.45) is 9.23. The van der Waals surface area contributed by atoms with Crippen LogP contribution in [0, 0.1) is 40.3 Å². The Morgan fingerprint density at radius 2 is 2.00 bits per heavy atom. The summed E-state index contributed by atoms with van der Waals surface area (Å²) in [5.41, 5.74) is 4.15. The Balaban J connectivity index is 1.31. The first kappa shape index (κ1) is 24.4. The summed E-state index contributed by atoms with van der Waals surface area (Å²) in [4.78, 5) is 13.0. The minimum Gasteiger partial charge on any atom is -0.396 e. The first-order chi connectivity index (χ1) is 17.3. The van der Waals surface area contributed by atoms with Crippen molar-refractivity contribution in [2.45, 2.75) is 58.5 Å².